The largest absolute Gasteiger partial charge is 0.350 e. The average molecular weight is 7930 g/mol. The molecule has 0 amide bonds. The van der Waals surface area contributed by atoms with E-state index in [0.717, 1.165) is 101 Å². The van der Waals surface area contributed by atoms with E-state index in [0.29, 0.717) is 0 Å². The maximum absolute atomic E-state index is 5.47. The fourth-order valence-electron chi connectivity index (χ4n) is 7.91. The van der Waals surface area contributed by atoms with E-state index in [1.165, 1.54) is 0 Å². The summed E-state index contributed by atoms with van der Waals surface area (Å²) in [7, 11) is 0. The summed E-state index contributed by atoms with van der Waals surface area (Å²) in [4.78, 5) is 21.5. The van der Waals surface area contributed by atoms with Crippen LogP contribution < -0.4 is 11.0 Å². The molecule has 4 aromatic carbocycles. The van der Waals surface area contributed by atoms with Crippen molar-refractivity contribution in [2.75, 3.05) is 0 Å². The zero-order valence-electron chi connectivity index (χ0n) is 70.6. The smallest absolute Gasteiger partial charge is 0.261 e. The molecular weight excluding hydrogens is 7910 g/mol. The van der Waals surface area contributed by atoms with Gasteiger partial charge in [-0.1, -0.05) is 35.4 Å². The molecule has 2 aromatic heterocycles. The van der Waals surface area contributed by atoms with Gasteiger partial charge in [-0.25, -0.2) is 53.5 Å². The molecular formula is C35H14N8Y83-4. The van der Waals surface area contributed by atoms with Gasteiger partial charge in [0.25, 0.3) is 0 Å². The first-order valence-electron chi connectivity index (χ1n) is 14.1. The minimum atomic E-state index is -1.06. The molecule has 12 rings (SSSR count). The van der Waals surface area contributed by atoms with Crippen LogP contribution in [-0.2, 0) is 2720 Å². The first-order chi connectivity index (χ1) is 21.2. The number of benzene rings is 4. The third-order valence-electron chi connectivity index (χ3n) is 9.52. The van der Waals surface area contributed by atoms with Crippen LogP contribution in [0, 0.1) is 50.2 Å². The van der Waals surface area contributed by atoms with Crippen molar-refractivity contribution < 1.29 is 2720 Å². The molecule has 8 nitrogen and oxygen atoms in total. The Bertz CT molecular complexity index is 2860. The van der Waals surface area contributed by atoms with E-state index < -0.39 is 5.91 Å². The van der Waals surface area contributed by atoms with Crippen LogP contribution >= 0.6 is 0 Å². The maximum atomic E-state index is 5.47. The Morgan fingerprint density at radius 3 is 0.651 bits per heavy atom. The van der Waals surface area contributed by atoms with Crippen LogP contribution in [0.1, 0.15) is 33.4 Å². The predicted molar refractivity (Wildman–Crippen MR) is 156 cm³/mol. The second-order valence-electron chi connectivity index (χ2n) is 11.5. The van der Waals surface area contributed by atoms with Gasteiger partial charge in [0.2, 0.25) is 0 Å². The van der Waals surface area contributed by atoms with Gasteiger partial charge in [0, 0.05) is 2710 Å². The van der Waals surface area contributed by atoms with Gasteiger partial charge in [0.1, 0.15) is 34.6 Å². The van der Waals surface area contributed by atoms with Gasteiger partial charge in [-0.05, 0) is 0 Å². The van der Waals surface area contributed by atoms with Crippen molar-refractivity contribution in [2.45, 2.75) is 19.8 Å². The normalized spacial score (nSPS) is 6.97. The Morgan fingerprint density at radius 1 is 0.198 bits per heavy atom. The van der Waals surface area contributed by atoms with Gasteiger partial charge in [-0.3, -0.25) is 18.3 Å². The Labute approximate surface area is 2850 Å². The maximum Gasteiger partial charge on any atom is 0.350 e. The van der Waals surface area contributed by atoms with E-state index in [9.17, 15) is 0 Å². The zero-order valence-corrected chi connectivity index (χ0v) is 306. The summed E-state index contributed by atoms with van der Waals surface area (Å²) in [5.41, 5.74) is 7.31. The van der Waals surface area contributed by atoms with Crippen molar-refractivity contribution in [3.63, 3.8) is 0 Å². The van der Waals surface area contributed by atoms with E-state index in [1.54, 1.807) is 0 Å². The van der Waals surface area contributed by atoms with Crippen LogP contribution in [0.2, 0.25) is 0 Å². The molecule has 0 bridgehead atoms. The second kappa shape index (κ2) is 300. The average Bonchev–Trinajstić information content (AvgIpc) is 3.74. The molecule has 6 aromatic rings. The number of rotatable bonds is 0. The fourth-order valence-corrected chi connectivity index (χ4v) is 7.91. The van der Waals surface area contributed by atoms with Gasteiger partial charge in [0.05, 0.1) is 11.3 Å². The zero-order chi connectivity index (χ0) is 27.9. The molecule has 0 fully saturated rings. The molecule has 1 unspecified atom stereocenters. The minimum absolute atomic E-state index is 0. The van der Waals surface area contributed by atoms with Gasteiger partial charge >= 0.3 is 5.91 Å². The predicted octanol–water partition coefficient (Wildman–Crippen LogP) is 2.92. The molecule has 0 saturated heterocycles. The van der Waals surface area contributed by atoms with Crippen LogP contribution in [-0.4, -0.2) is 41.6 Å². The number of aryl methyl sites for hydroxylation is 2. The SMILES string of the molecule is Cc1cc[c-]c2c3n4c(c12)N=c1c2c(C)cc[c-]c2c2n1C41[N+]4=C(N=C5c6[c-]cc[c-]c6C(=[N+]51)N=2)c1[c-]cc[c-]c1C4=N3.[Y].[Y].[Y].[Y].[Y].[Y].[Y].[Y].[Y].[Y].[Y].[Y].[Y].[Y].[Y].[Y].[Y].[Y].[Y].[Y].[Y].[Y].[Y].[Y].[Y].[Y].[Y].[Y].[Y].[Y].[Y].[Y].[Y].[Y].[Y].[Y].[Y].[Y].[Y].[Y].[Y].[Y].[Y].[Y].[Y].[Y].[Y].[Y].[Y].[Y].[Y].[Y].[Y].[Y].[Y].[Y].[Y].[Y].[Y].[Y].[Y].[Y].[Y].[Y].[Y].[Y].[Y].[Y].[Y].[Y].[Y].[Y].[Y].[Y].[Y].[Y].[Y].[Y].[Y].[Y].[Y].[Y].[Y]. The summed E-state index contributed by atoms with van der Waals surface area (Å²) in [5.74, 6) is 3.61. The quantitative estimate of drug-likeness (QED) is 0.166. The molecule has 83 radical (unpaired) electrons. The van der Waals surface area contributed by atoms with Gasteiger partial charge < -0.3 is 0 Å². The van der Waals surface area contributed by atoms with Gasteiger partial charge in [-0.2, -0.15) is 37.2 Å². The molecule has 91 heteroatoms. The molecule has 6 aliphatic heterocycles. The van der Waals surface area contributed by atoms with Crippen LogP contribution in [0.25, 0.3) is 21.5 Å². The van der Waals surface area contributed by atoms with E-state index in [-0.39, 0.29) is 2710 Å². The van der Waals surface area contributed by atoms with Crippen LogP contribution in [0.5, 0.6) is 0 Å². The Morgan fingerprint density at radius 2 is 0.405 bits per heavy atom. The van der Waals surface area contributed by atoms with Crippen molar-refractivity contribution in [2.24, 2.45) is 20.0 Å². The summed E-state index contributed by atoms with van der Waals surface area (Å²) >= 11 is 0. The number of aromatic nitrogens is 2. The van der Waals surface area contributed by atoms with Crippen molar-refractivity contribution in [3.05, 3.63) is 129 Å². The third-order valence-corrected chi connectivity index (χ3v) is 9.52. The monoisotopic (exact) mass is 7930 g/mol. The number of fused-ring (bicyclic) bond motifs is 12. The van der Waals surface area contributed by atoms with Crippen molar-refractivity contribution in [3.8, 4) is 0 Å². The molecule has 126 heavy (non-hydrogen) atoms. The molecule has 1 spiro atoms. The van der Waals surface area contributed by atoms with E-state index >= 15 is 0 Å². The van der Waals surface area contributed by atoms with Gasteiger partial charge in [-0.15, -0.1) is 47.5 Å². The van der Waals surface area contributed by atoms with E-state index in [1.807, 2.05) is 36.4 Å². The molecule has 1 atom stereocenters. The summed E-state index contributed by atoms with van der Waals surface area (Å²) in [5, 5.41) is 3.92. The molecule has 6 aliphatic rings. The van der Waals surface area contributed by atoms with Crippen LogP contribution in [0.4, 0.5) is 11.6 Å². The molecule has 8 heterocycles. The number of amidine groups is 4. The van der Waals surface area contributed by atoms with Crippen molar-refractivity contribution >= 4 is 56.5 Å². The van der Waals surface area contributed by atoms with Crippen LogP contribution in [0.15, 0.2) is 68.5 Å². The van der Waals surface area contributed by atoms with Gasteiger partial charge in [0.15, 0.2) is 0 Å². The standard InChI is InChI=1S/C35H14N8.83Y/c1-17-9-7-15-23-25(17)33-39-34-26-18(2)10-8-16-24(26)32-38-30-22-14-6-4-12-20(22)28-36-27-19-11-3-5-13-21(19)29-37-31(23)42(33)35(40(27)29,41(28)30)43(32)34;;;;;;;;;;;;;;;;;;;;;;;;;;;;;;;;;;;;;;;;;;;;;;;;;;;;;;;;;;;;;;;;;;;;;;;;;;;;;;;;;;;/h3-10H,1-2H3;;;;;;;;;;;;;;;;;;;;;;;;;;;;;;;;;;;;;;;;;;;;;;;;;;;;;;;;;;;;;;;;;;;;;;;;;;;;;;;;;;;/q-4;;;;;;;;;;;;;;;;;;;;;;;;;;;;;;;;;;;;;;;;;;;;;;;;;;;;;;;;;;;;;;;;;;;;;;;;;;;;;;;;;;;. The Balaban J connectivity index is -0.00000000502. The van der Waals surface area contributed by atoms with E-state index in [2.05, 4.69) is 80.7 Å². The second-order valence-corrected chi connectivity index (χ2v) is 11.5. The van der Waals surface area contributed by atoms with E-state index in [4.69, 9.17) is 20.0 Å². The Hall–Kier alpha value is 85.9. The third kappa shape index (κ3) is 159. The first kappa shape index (κ1) is 482. The topological polar surface area (TPSA) is 65.3 Å². The summed E-state index contributed by atoms with van der Waals surface area (Å²) in [6.07, 6.45) is 0. The Kier molecular flexibility index (Phi) is 1150. The summed E-state index contributed by atoms with van der Waals surface area (Å²) < 4.78 is 8.98. The molecule has 0 saturated carbocycles. The van der Waals surface area contributed by atoms with Crippen molar-refractivity contribution in [1.82, 2.24) is 9.13 Å². The number of hydrogen-bond donors (Lipinski definition) is 0. The number of nitrogens with zero attached hydrogens (tertiary/aromatic N) is 8. The molecule has 0 N–H and O–H groups in total. The fraction of sp³-hybridized carbons (Fsp3) is 0.0857. The van der Waals surface area contributed by atoms with Crippen LogP contribution in [0.3, 0.4) is 0 Å². The molecule has 447 valence electrons. The number of hydrogen-bond acceptors (Lipinski definition) is 4. The first-order valence-corrected chi connectivity index (χ1v) is 14.1. The summed E-state index contributed by atoms with van der Waals surface area (Å²) in [6, 6.07) is 36.6. The summed E-state index contributed by atoms with van der Waals surface area (Å²) in [6.45, 7) is 4.26. The molecule has 0 aliphatic carbocycles. The number of aliphatic imine (C=N–C) groups is 2. The van der Waals surface area contributed by atoms with Crippen molar-refractivity contribution in [1.29, 1.82) is 0 Å². The minimum Gasteiger partial charge on any atom is -0.261 e.